The number of carbonyl (C=O) groups is 1. The number of hydrogen-bond donors (Lipinski definition) is 1. The summed E-state index contributed by atoms with van der Waals surface area (Å²) in [6, 6.07) is 22.6. The van der Waals surface area contributed by atoms with E-state index in [-0.39, 0.29) is 18.0 Å². The Morgan fingerprint density at radius 2 is 1.68 bits per heavy atom. The Balaban J connectivity index is 1.61. The van der Waals surface area contributed by atoms with Gasteiger partial charge in [0, 0.05) is 31.2 Å². The second kappa shape index (κ2) is 10.3. The van der Waals surface area contributed by atoms with E-state index in [0.717, 1.165) is 11.3 Å². The normalized spacial score (nSPS) is 11.4. The SMILES string of the molecule is O=C(O)COc1cccc(CN(Cc2ccc(-n3ccnc3)cc2)S(=O)(=O)c2ccccc2)c1. The van der Waals surface area contributed by atoms with Gasteiger partial charge in [0.1, 0.15) is 5.75 Å². The Morgan fingerprint density at radius 1 is 0.941 bits per heavy atom. The van der Waals surface area contributed by atoms with E-state index in [1.54, 1.807) is 67.1 Å². The summed E-state index contributed by atoms with van der Waals surface area (Å²) in [5, 5.41) is 8.85. The van der Waals surface area contributed by atoms with Gasteiger partial charge in [0.15, 0.2) is 6.61 Å². The predicted molar refractivity (Wildman–Crippen MR) is 126 cm³/mol. The number of carboxylic acids is 1. The van der Waals surface area contributed by atoms with Gasteiger partial charge in [-0.2, -0.15) is 4.31 Å². The molecule has 3 aromatic carbocycles. The molecule has 174 valence electrons. The maximum atomic E-state index is 13.5. The summed E-state index contributed by atoms with van der Waals surface area (Å²) in [5.41, 5.74) is 2.42. The minimum absolute atomic E-state index is 0.0881. The number of sulfonamides is 1. The van der Waals surface area contributed by atoms with Gasteiger partial charge in [-0.25, -0.2) is 18.2 Å². The van der Waals surface area contributed by atoms with E-state index in [4.69, 9.17) is 9.84 Å². The van der Waals surface area contributed by atoms with E-state index in [1.165, 1.54) is 4.31 Å². The first-order chi connectivity index (χ1) is 16.4. The van der Waals surface area contributed by atoms with E-state index in [2.05, 4.69) is 4.98 Å². The van der Waals surface area contributed by atoms with Crippen molar-refractivity contribution in [3.05, 3.63) is 109 Å². The van der Waals surface area contributed by atoms with Crippen LogP contribution in [0.4, 0.5) is 0 Å². The Labute approximate surface area is 197 Å². The fourth-order valence-electron chi connectivity index (χ4n) is 3.44. The molecule has 0 fully saturated rings. The fourth-order valence-corrected chi connectivity index (χ4v) is 4.88. The Bertz CT molecular complexity index is 1340. The summed E-state index contributed by atoms with van der Waals surface area (Å²) in [4.78, 5) is 15.1. The first kappa shape index (κ1) is 23.2. The lowest BCUT2D eigenvalue weighted by Crippen LogP contribution is -2.30. The third-order valence-corrected chi connectivity index (χ3v) is 6.90. The third-order valence-electron chi connectivity index (χ3n) is 5.10. The van der Waals surface area contributed by atoms with Gasteiger partial charge in [0.05, 0.1) is 11.2 Å². The molecule has 0 spiro atoms. The number of carboxylic acid groups (broad SMARTS) is 1. The zero-order valence-corrected chi connectivity index (χ0v) is 19.0. The van der Waals surface area contributed by atoms with E-state index < -0.39 is 22.6 Å². The average molecular weight is 478 g/mol. The van der Waals surface area contributed by atoms with Gasteiger partial charge in [-0.1, -0.05) is 42.5 Å². The van der Waals surface area contributed by atoms with Crippen LogP contribution in [0.3, 0.4) is 0 Å². The topological polar surface area (TPSA) is 102 Å². The van der Waals surface area contributed by atoms with Crippen LogP contribution >= 0.6 is 0 Å². The monoisotopic (exact) mass is 477 g/mol. The Hall–Kier alpha value is -3.95. The zero-order chi connectivity index (χ0) is 24.0. The van der Waals surface area contributed by atoms with Crippen LogP contribution in [0, 0.1) is 0 Å². The van der Waals surface area contributed by atoms with Crippen LogP contribution in [0.5, 0.6) is 5.75 Å². The summed E-state index contributed by atoms with van der Waals surface area (Å²) in [6.07, 6.45) is 5.22. The molecule has 0 aliphatic rings. The molecule has 4 rings (SSSR count). The lowest BCUT2D eigenvalue weighted by atomic mass is 10.2. The highest BCUT2D eigenvalue weighted by molar-refractivity contribution is 7.89. The molecule has 0 aliphatic heterocycles. The van der Waals surface area contributed by atoms with Crippen molar-refractivity contribution in [2.75, 3.05) is 6.61 Å². The van der Waals surface area contributed by atoms with Crippen LogP contribution in [-0.4, -0.2) is 40.0 Å². The summed E-state index contributed by atoms with van der Waals surface area (Å²) >= 11 is 0. The highest BCUT2D eigenvalue weighted by atomic mass is 32.2. The maximum Gasteiger partial charge on any atom is 0.341 e. The maximum absolute atomic E-state index is 13.5. The number of imidazole rings is 1. The van der Waals surface area contributed by atoms with Gasteiger partial charge in [0.2, 0.25) is 10.0 Å². The first-order valence-electron chi connectivity index (χ1n) is 10.5. The molecular formula is C25H23N3O5S. The summed E-state index contributed by atoms with van der Waals surface area (Å²) in [7, 11) is -3.81. The molecule has 1 N–H and O–H groups in total. The standard InChI is InChI=1S/C25H23N3O5S/c29-25(30)18-33-23-6-4-5-21(15-23)17-28(34(31,32)24-7-2-1-3-8-24)16-20-9-11-22(12-10-20)27-14-13-26-19-27/h1-15,19H,16-18H2,(H,29,30). The number of benzene rings is 3. The molecule has 0 saturated heterocycles. The number of nitrogens with zero attached hydrogens (tertiary/aromatic N) is 3. The lowest BCUT2D eigenvalue weighted by Gasteiger charge is -2.23. The molecule has 4 aromatic rings. The molecule has 1 aromatic heterocycles. The lowest BCUT2D eigenvalue weighted by molar-refractivity contribution is -0.139. The van der Waals surface area contributed by atoms with Crippen molar-refractivity contribution in [3.63, 3.8) is 0 Å². The molecule has 34 heavy (non-hydrogen) atoms. The van der Waals surface area contributed by atoms with E-state index in [0.29, 0.717) is 11.3 Å². The average Bonchev–Trinajstić information content (AvgIpc) is 3.39. The molecule has 0 aliphatic carbocycles. The van der Waals surface area contributed by atoms with Crippen LogP contribution in [-0.2, 0) is 27.9 Å². The molecule has 0 radical (unpaired) electrons. The van der Waals surface area contributed by atoms with Gasteiger partial charge < -0.3 is 14.4 Å². The number of ether oxygens (including phenoxy) is 1. The van der Waals surface area contributed by atoms with Crippen molar-refractivity contribution in [1.29, 1.82) is 0 Å². The molecule has 0 bridgehead atoms. The van der Waals surface area contributed by atoms with Crippen molar-refractivity contribution in [2.24, 2.45) is 0 Å². The van der Waals surface area contributed by atoms with Gasteiger partial charge in [-0.15, -0.1) is 0 Å². The van der Waals surface area contributed by atoms with E-state index in [9.17, 15) is 13.2 Å². The fraction of sp³-hybridized carbons (Fsp3) is 0.120. The number of rotatable bonds is 10. The molecular weight excluding hydrogens is 454 g/mol. The van der Waals surface area contributed by atoms with Crippen LogP contribution in [0.25, 0.3) is 5.69 Å². The number of hydrogen-bond acceptors (Lipinski definition) is 5. The van der Waals surface area contributed by atoms with Gasteiger partial charge >= 0.3 is 5.97 Å². The molecule has 0 atom stereocenters. The number of aliphatic carboxylic acids is 1. The molecule has 1 heterocycles. The van der Waals surface area contributed by atoms with Crippen molar-refractivity contribution in [3.8, 4) is 11.4 Å². The largest absolute Gasteiger partial charge is 0.482 e. The Kier molecular flexibility index (Phi) is 7.05. The van der Waals surface area contributed by atoms with Gasteiger partial charge in [0.25, 0.3) is 0 Å². The van der Waals surface area contributed by atoms with Gasteiger partial charge in [-0.05, 0) is 47.5 Å². The smallest absolute Gasteiger partial charge is 0.341 e. The summed E-state index contributed by atoms with van der Waals surface area (Å²) in [6.45, 7) is -0.231. The summed E-state index contributed by atoms with van der Waals surface area (Å²) in [5.74, 6) is -0.723. The minimum Gasteiger partial charge on any atom is -0.482 e. The van der Waals surface area contributed by atoms with E-state index in [1.807, 2.05) is 35.0 Å². The second-order valence-electron chi connectivity index (χ2n) is 7.55. The van der Waals surface area contributed by atoms with Crippen LogP contribution in [0.2, 0.25) is 0 Å². The van der Waals surface area contributed by atoms with Crippen molar-refractivity contribution < 1.29 is 23.1 Å². The zero-order valence-electron chi connectivity index (χ0n) is 18.2. The van der Waals surface area contributed by atoms with Gasteiger partial charge in [-0.3, -0.25) is 0 Å². The van der Waals surface area contributed by atoms with E-state index >= 15 is 0 Å². The molecule has 9 heteroatoms. The van der Waals surface area contributed by atoms with Crippen LogP contribution < -0.4 is 4.74 Å². The first-order valence-corrected chi connectivity index (χ1v) is 11.9. The van der Waals surface area contributed by atoms with Crippen molar-refractivity contribution in [1.82, 2.24) is 13.9 Å². The minimum atomic E-state index is -3.81. The van der Waals surface area contributed by atoms with Crippen molar-refractivity contribution in [2.45, 2.75) is 18.0 Å². The number of aromatic nitrogens is 2. The molecule has 0 unspecified atom stereocenters. The Morgan fingerprint density at radius 3 is 2.35 bits per heavy atom. The highest BCUT2D eigenvalue weighted by Crippen LogP contribution is 2.23. The van der Waals surface area contributed by atoms with Crippen molar-refractivity contribution >= 4 is 16.0 Å². The third kappa shape index (κ3) is 5.69. The van der Waals surface area contributed by atoms with Crippen LogP contribution in [0.15, 0.2) is 102 Å². The molecule has 8 nitrogen and oxygen atoms in total. The highest BCUT2D eigenvalue weighted by Gasteiger charge is 2.25. The second-order valence-corrected chi connectivity index (χ2v) is 9.49. The predicted octanol–water partition coefficient (Wildman–Crippen LogP) is 3.73. The van der Waals surface area contributed by atoms with Crippen LogP contribution in [0.1, 0.15) is 11.1 Å². The molecule has 0 amide bonds. The quantitative estimate of drug-likeness (QED) is 0.374. The molecule has 0 saturated carbocycles. The summed E-state index contributed by atoms with van der Waals surface area (Å²) < 4.78 is 35.5.